The fraction of sp³-hybridized carbons (Fsp3) is 0.360. The minimum Gasteiger partial charge on any atom is -0.392 e. The molecule has 162 valence electrons. The molecular weight excluding hydrogens is 404 g/mol. The molecule has 4 rings (SSSR count). The van der Waals surface area contributed by atoms with Crippen molar-refractivity contribution in [3.8, 4) is 11.1 Å². The van der Waals surface area contributed by atoms with E-state index in [1.165, 1.54) is 16.7 Å². The number of aliphatic hydroxyl groups excluding tert-OH is 1. The van der Waals surface area contributed by atoms with Gasteiger partial charge in [-0.2, -0.15) is 0 Å². The molecule has 0 spiro atoms. The zero-order chi connectivity index (χ0) is 21.8. The largest absolute Gasteiger partial charge is 0.392 e. The quantitative estimate of drug-likeness (QED) is 0.535. The van der Waals surface area contributed by atoms with Gasteiger partial charge in [-0.15, -0.1) is 0 Å². The Bertz CT molecular complexity index is 1020. The molecule has 5 nitrogen and oxygen atoms in total. The number of aromatic nitrogens is 2. The van der Waals surface area contributed by atoms with Gasteiger partial charge < -0.3 is 15.3 Å². The van der Waals surface area contributed by atoms with E-state index >= 15 is 0 Å². The Balaban J connectivity index is 1.51. The highest BCUT2D eigenvalue weighted by Crippen LogP contribution is 2.36. The zero-order valence-corrected chi connectivity index (χ0v) is 19.2. The van der Waals surface area contributed by atoms with Crippen LogP contribution in [0.5, 0.6) is 0 Å². The molecule has 0 unspecified atom stereocenters. The molecule has 1 saturated heterocycles. The maximum Gasteiger partial charge on any atom is 0.144 e. The first kappa shape index (κ1) is 21.7. The van der Waals surface area contributed by atoms with E-state index in [4.69, 9.17) is 0 Å². The molecule has 3 aromatic rings. The van der Waals surface area contributed by atoms with E-state index in [0.29, 0.717) is 11.2 Å². The van der Waals surface area contributed by atoms with Gasteiger partial charge in [-0.1, -0.05) is 55.9 Å². The summed E-state index contributed by atoms with van der Waals surface area (Å²) in [5, 5.41) is 14.5. The van der Waals surface area contributed by atoms with Crippen LogP contribution in [0.25, 0.3) is 11.1 Å². The van der Waals surface area contributed by atoms with E-state index < -0.39 is 0 Å². The normalized spacial score (nSPS) is 16.2. The van der Waals surface area contributed by atoms with Crippen LogP contribution >= 0.6 is 11.8 Å². The highest BCUT2D eigenvalue weighted by molar-refractivity contribution is 7.99. The molecule has 1 aromatic heterocycles. The van der Waals surface area contributed by atoms with Gasteiger partial charge in [-0.25, -0.2) is 9.97 Å². The lowest BCUT2D eigenvalue weighted by Gasteiger charge is -2.23. The molecule has 1 atom stereocenters. The SMILES string of the molecule is CNc1cnc(S[C@H]2CCN(c3ccc(-c4ccccc4C(C)C)cc3CO)C2)cn1. The molecule has 1 fully saturated rings. The van der Waals surface area contributed by atoms with E-state index in [1.54, 1.807) is 18.0 Å². The minimum atomic E-state index is 0.0400. The Morgan fingerprint density at radius 3 is 2.71 bits per heavy atom. The maximum absolute atomic E-state index is 10.1. The molecule has 31 heavy (non-hydrogen) atoms. The minimum absolute atomic E-state index is 0.0400. The van der Waals surface area contributed by atoms with Gasteiger partial charge in [-0.05, 0) is 41.2 Å². The van der Waals surface area contributed by atoms with Gasteiger partial charge in [0, 0.05) is 36.6 Å². The van der Waals surface area contributed by atoms with Crippen molar-refractivity contribution in [3.05, 3.63) is 66.0 Å². The first-order chi connectivity index (χ1) is 15.1. The molecule has 0 radical (unpaired) electrons. The fourth-order valence-electron chi connectivity index (χ4n) is 4.17. The summed E-state index contributed by atoms with van der Waals surface area (Å²) >= 11 is 1.78. The van der Waals surface area contributed by atoms with E-state index in [2.05, 4.69) is 76.5 Å². The second kappa shape index (κ2) is 9.71. The second-order valence-corrected chi connectivity index (χ2v) is 9.53. The van der Waals surface area contributed by atoms with E-state index in [9.17, 15) is 5.11 Å². The molecule has 2 heterocycles. The maximum atomic E-state index is 10.1. The van der Waals surface area contributed by atoms with Crippen LogP contribution < -0.4 is 10.2 Å². The Labute approximate surface area is 188 Å². The molecule has 2 aromatic carbocycles. The first-order valence-electron chi connectivity index (χ1n) is 10.8. The molecule has 0 amide bonds. The van der Waals surface area contributed by atoms with Crippen molar-refractivity contribution < 1.29 is 5.11 Å². The Morgan fingerprint density at radius 2 is 2.00 bits per heavy atom. The van der Waals surface area contributed by atoms with E-state index in [0.717, 1.165) is 41.6 Å². The van der Waals surface area contributed by atoms with Gasteiger partial charge in [0.25, 0.3) is 0 Å². The summed E-state index contributed by atoms with van der Waals surface area (Å²) in [5.41, 5.74) is 5.87. The number of thioether (sulfide) groups is 1. The average Bonchev–Trinajstić information content (AvgIpc) is 3.27. The topological polar surface area (TPSA) is 61.3 Å². The van der Waals surface area contributed by atoms with Crippen LogP contribution in [0.15, 0.2) is 59.9 Å². The third-order valence-corrected chi connectivity index (χ3v) is 6.97. The molecule has 2 N–H and O–H groups in total. The van der Waals surface area contributed by atoms with Gasteiger partial charge in [0.15, 0.2) is 0 Å². The average molecular weight is 435 g/mol. The van der Waals surface area contributed by atoms with Gasteiger partial charge in [0.05, 0.1) is 19.0 Å². The number of nitrogens with zero attached hydrogens (tertiary/aromatic N) is 3. The summed E-state index contributed by atoms with van der Waals surface area (Å²) < 4.78 is 0. The van der Waals surface area contributed by atoms with Crippen molar-refractivity contribution in [1.82, 2.24) is 9.97 Å². The van der Waals surface area contributed by atoms with Crippen molar-refractivity contribution in [2.75, 3.05) is 30.4 Å². The van der Waals surface area contributed by atoms with Crippen molar-refractivity contribution in [3.63, 3.8) is 0 Å². The summed E-state index contributed by atoms with van der Waals surface area (Å²) in [4.78, 5) is 11.2. The molecule has 1 aliphatic heterocycles. The summed E-state index contributed by atoms with van der Waals surface area (Å²) in [6.45, 7) is 6.40. The van der Waals surface area contributed by atoms with Crippen molar-refractivity contribution in [1.29, 1.82) is 0 Å². The highest BCUT2D eigenvalue weighted by Gasteiger charge is 2.26. The number of hydrogen-bond donors (Lipinski definition) is 2. The Morgan fingerprint density at radius 1 is 1.16 bits per heavy atom. The lowest BCUT2D eigenvalue weighted by molar-refractivity contribution is 0.282. The Kier molecular flexibility index (Phi) is 6.78. The van der Waals surface area contributed by atoms with Crippen molar-refractivity contribution in [2.24, 2.45) is 0 Å². The molecular formula is C25H30N4OS. The number of rotatable bonds is 7. The van der Waals surface area contributed by atoms with Crippen LogP contribution in [0, 0.1) is 0 Å². The molecule has 6 heteroatoms. The van der Waals surface area contributed by atoms with Crippen LogP contribution in [0.3, 0.4) is 0 Å². The zero-order valence-electron chi connectivity index (χ0n) is 18.4. The lowest BCUT2D eigenvalue weighted by atomic mass is 9.91. The van der Waals surface area contributed by atoms with Crippen molar-refractivity contribution >= 4 is 23.3 Å². The number of nitrogens with one attached hydrogen (secondary N) is 1. The van der Waals surface area contributed by atoms with E-state index in [-0.39, 0.29) is 6.61 Å². The third kappa shape index (κ3) is 4.86. The van der Waals surface area contributed by atoms with Crippen LogP contribution in [0.4, 0.5) is 11.5 Å². The third-order valence-electron chi connectivity index (χ3n) is 5.80. The van der Waals surface area contributed by atoms with Crippen molar-refractivity contribution in [2.45, 2.75) is 43.1 Å². The number of anilines is 2. The number of hydrogen-bond acceptors (Lipinski definition) is 6. The molecule has 0 saturated carbocycles. The number of benzene rings is 2. The highest BCUT2D eigenvalue weighted by atomic mass is 32.2. The summed E-state index contributed by atoms with van der Waals surface area (Å²) in [6, 6.07) is 15.1. The van der Waals surface area contributed by atoms with Gasteiger partial charge >= 0.3 is 0 Å². The summed E-state index contributed by atoms with van der Waals surface area (Å²) in [6.07, 6.45) is 4.69. The van der Waals surface area contributed by atoms with Crippen LogP contribution in [0.2, 0.25) is 0 Å². The van der Waals surface area contributed by atoms with Gasteiger partial charge in [0.1, 0.15) is 10.8 Å². The van der Waals surface area contributed by atoms with Gasteiger partial charge in [0.2, 0.25) is 0 Å². The molecule has 1 aliphatic rings. The van der Waals surface area contributed by atoms with Crippen LogP contribution in [-0.2, 0) is 6.61 Å². The summed E-state index contributed by atoms with van der Waals surface area (Å²) in [5.74, 6) is 1.24. The Hall–Kier alpha value is -2.57. The first-order valence-corrected chi connectivity index (χ1v) is 11.7. The second-order valence-electron chi connectivity index (χ2n) is 8.21. The standard InChI is InChI=1S/C25H30N4OS/c1-17(2)21-6-4-5-7-22(21)18-8-9-23(19(12-18)16-30)29-11-10-20(15-29)31-25-14-27-24(26-3)13-28-25/h4-9,12-14,17,20,30H,10-11,15-16H2,1-3H3,(H,26,27)/t20-/m0/s1. The smallest absolute Gasteiger partial charge is 0.144 e. The van der Waals surface area contributed by atoms with E-state index in [1.807, 2.05) is 13.2 Å². The monoisotopic (exact) mass is 434 g/mol. The summed E-state index contributed by atoms with van der Waals surface area (Å²) in [7, 11) is 1.84. The van der Waals surface area contributed by atoms with Gasteiger partial charge in [-0.3, -0.25) is 0 Å². The predicted octanol–water partition coefficient (Wildman–Crippen LogP) is 5.17. The lowest BCUT2D eigenvalue weighted by Crippen LogP contribution is -2.21. The molecule has 0 aliphatic carbocycles. The van der Waals surface area contributed by atoms with Crippen LogP contribution in [-0.4, -0.2) is 40.5 Å². The van der Waals surface area contributed by atoms with Crippen LogP contribution in [0.1, 0.15) is 37.3 Å². The molecule has 0 bridgehead atoms. The predicted molar refractivity (Wildman–Crippen MR) is 130 cm³/mol. The fourth-order valence-corrected chi connectivity index (χ4v) is 5.22. The number of aliphatic hydroxyl groups is 1.